The smallest absolute Gasteiger partial charge is 0.202 e. The summed E-state index contributed by atoms with van der Waals surface area (Å²) in [6.45, 7) is 0. The molecular weight excluding hydrogens is 365 g/mol. The molecule has 26 heavy (non-hydrogen) atoms. The second-order valence-electron chi connectivity index (χ2n) is 6.29. The molecule has 3 aromatic carbocycles. The lowest BCUT2D eigenvalue weighted by atomic mass is 10.0. The van der Waals surface area contributed by atoms with Gasteiger partial charge in [-0.15, -0.1) is 0 Å². The number of anilines is 2. The van der Waals surface area contributed by atoms with Crippen LogP contribution in [0.5, 0.6) is 0 Å². The Bertz CT molecular complexity index is 1060. The predicted molar refractivity (Wildman–Crippen MR) is 114 cm³/mol. The van der Waals surface area contributed by atoms with Crippen LogP contribution in [0.25, 0.3) is 22.9 Å². The van der Waals surface area contributed by atoms with E-state index in [4.69, 9.17) is 28.6 Å². The first-order chi connectivity index (χ1) is 12.5. The van der Waals surface area contributed by atoms with Gasteiger partial charge in [-0.1, -0.05) is 65.7 Å². The number of nitrogens with one attached hydrogen (secondary N) is 1. The highest BCUT2D eigenvalue weighted by Crippen LogP contribution is 2.37. The van der Waals surface area contributed by atoms with Crippen LogP contribution in [0.2, 0.25) is 10.0 Å². The maximum Gasteiger partial charge on any atom is 0.202 e. The van der Waals surface area contributed by atoms with Gasteiger partial charge in [0.05, 0.1) is 21.4 Å². The molecule has 0 unspecified atom stereocenters. The van der Waals surface area contributed by atoms with Gasteiger partial charge in [-0.2, -0.15) is 0 Å². The van der Waals surface area contributed by atoms with E-state index in [2.05, 4.69) is 42.5 Å². The first kappa shape index (κ1) is 17.0. The summed E-state index contributed by atoms with van der Waals surface area (Å²) in [6.07, 6.45) is 4.26. The van der Waals surface area contributed by atoms with Gasteiger partial charge in [0.2, 0.25) is 5.96 Å². The Morgan fingerprint density at radius 3 is 2.23 bits per heavy atom. The zero-order valence-corrected chi connectivity index (χ0v) is 15.9. The van der Waals surface area contributed by atoms with Gasteiger partial charge in [-0.05, 0) is 34.7 Å². The van der Waals surface area contributed by atoms with Crippen LogP contribution < -0.4 is 9.80 Å². The maximum atomic E-state index is 8.68. The van der Waals surface area contributed by atoms with Gasteiger partial charge in [0, 0.05) is 19.5 Å². The van der Waals surface area contributed by atoms with Crippen molar-refractivity contribution in [1.29, 1.82) is 5.41 Å². The molecule has 1 N–H and O–H groups in total. The summed E-state index contributed by atoms with van der Waals surface area (Å²) in [7, 11) is 3.71. The normalized spacial score (nSPS) is 11.8. The zero-order valence-electron chi connectivity index (χ0n) is 14.4. The van der Waals surface area contributed by atoms with Crippen molar-refractivity contribution in [2.45, 2.75) is 0 Å². The average molecular weight is 382 g/mol. The minimum Gasteiger partial charge on any atom is -0.315 e. The van der Waals surface area contributed by atoms with Gasteiger partial charge in [-0.25, -0.2) is 0 Å². The molecule has 0 aliphatic heterocycles. The van der Waals surface area contributed by atoms with Crippen molar-refractivity contribution in [1.82, 2.24) is 0 Å². The minimum atomic E-state index is 0.306. The molecule has 3 nitrogen and oxygen atoms in total. The van der Waals surface area contributed by atoms with E-state index in [-0.39, 0.29) is 0 Å². The third-order valence-corrected chi connectivity index (χ3v) is 5.62. The van der Waals surface area contributed by atoms with Crippen molar-refractivity contribution in [3.8, 4) is 0 Å². The molecular formula is C21H17Cl2N3. The Hall–Kier alpha value is -2.49. The summed E-state index contributed by atoms with van der Waals surface area (Å²) in [6, 6.07) is 15.8. The molecule has 3 aromatic rings. The van der Waals surface area contributed by atoms with Crippen LogP contribution in [0.15, 0.2) is 48.5 Å². The van der Waals surface area contributed by atoms with Crippen LogP contribution >= 0.6 is 23.2 Å². The highest BCUT2D eigenvalue weighted by molar-refractivity contribution is 6.44. The van der Waals surface area contributed by atoms with Crippen molar-refractivity contribution in [3.63, 3.8) is 0 Å². The molecule has 1 aliphatic rings. The number of halogens is 2. The van der Waals surface area contributed by atoms with Crippen molar-refractivity contribution in [2.24, 2.45) is 0 Å². The van der Waals surface area contributed by atoms with Gasteiger partial charge in [0.25, 0.3) is 0 Å². The van der Waals surface area contributed by atoms with E-state index in [0.717, 1.165) is 11.1 Å². The molecule has 0 aromatic heterocycles. The summed E-state index contributed by atoms with van der Waals surface area (Å²) in [5.74, 6) is 0.306. The molecule has 0 amide bonds. The lowest BCUT2D eigenvalue weighted by Crippen LogP contribution is -2.39. The van der Waals surface area contributed by atoms with Gasteiger partial charge < -0.3 is 9.80 Å². The van der Waals surface area contributed by atoms with Crippen molar-refractivity contribution >= 4 is 63.5 Å². The predicted octanol–water partition coefficient (Wildman–Crippen LogP) is 6.14. The highest BCUT2D eigenvalue weighted by atomic mass is 35.5. The quantitative estimate of drug-likeness (QED) is 0.334. The SMILES string of the molecule is CN(C(=N)N(C)c1ccc2c3c(cccc13)C=C2)c1cccc(Cl)c1Cl. The lowest BCUT2D eigenvalue weighted by Gasteiger charge is -2.29. The molecule has 0 spiro atoms. The first-order valence-corrected chi connectivity index (χ1v) is 8.98. The molecule has 0 saturated carbocycles. The van der Waals surface area contributed by atoms with Gasteiger partial charge in [-0.3, -0.25) is 5.41 Å². The van der Waals surface area contributed by atoms with E-state index < -0.39 is 0 Å². The first-order valence-electron chi connectivity index (χ1n) is 8.23. The molecule has 0 atom stereocenters. The molecule has 0 bridgehead atoms. The molecule has 0 saturated heterocycles. The van der Waals surface area contributed by atoms with Crippen LogP contribution in [0.3, 0.4) is 0 Å². The minimum absolute atomic E-state index is 0.306. The van der Waals surface area contributed by atoms with E-state index in [0.29, 0.717) is 21.7 Å². The fourth-order valence-corrected chi connectivity index (χ4v) is 3.82. The van der Waals surface area contributed by atoms with Crippen LogP contribution in [0, 0.1) is 5.41 Å². The number of nitrogens with zero attached hydrogens (tertiary/aromatic N) is 2. The molecule has 0 radical (unpaired) electrons. The Labute approximate surface area is 162 Å². The van der Waals surface area contributed by atoms with E-state index in [1.54, 1.807) is 11.0 Å². The number of benzene rings is 3. The molecule has 0 fully saturated rings. The van der Waals surface area contributed by atoms with Crippen molar-refractivity contribution in [2.75, 3.05) is 23.9 Å². The van der Waals surface area contributed by atoms with E-state index in [1.807, 2.05) is 31.1 Å². The molecule has 5 heteroatoms. The Balaban J connectivity index is 1.75. The van der Waals surface area contributed by atoms with E-state index >= 15 is 0 Å². The molecule has 1 aliphatic carbocycles. The van der Waals surface area contributed by atoms with E-state index in [9.17, 15) is 0 Å². The summed E-state index contributed by atoms with van der Waals surface area (Å²) < 4.78 is 0. The number of guanidine groups is 1. The number of hydrogen-bond donors (Lipinski definition) is 1. The van der Waals surface area contributed by atoms with Gasteiger partial charge in [0.15, 0.2) is 0 Å². The fraction of sp³-hybridized carbons (Fsp3) is 0.0952. The standard InChI is InChI=1S/C21H17Cl2N3/c1-25(21(24)26(2)18-8-4-7-16(22)20(18)23)17-12-11-14-10-9-13-5-3-6-15(17)19(13)14/h3-12,24H,1-2H3. The summed E-state index contributed by atoms with van der Waals surface area (Å²) >= 11 is 12.5. The van der Waals surface area contributed by atoms with Crippen molar-refractivity contribution < 1.29 is 0 Å². The summed E-state index contributed by atoms with van der Waals surface area (Å²) in [5, 5.41) is 12.0. The third-order valence-electron chi connectivity index (χ3n) is 4.81. The number of rotatable bonds is 2. The number of hydrogen-bond acceptors (Lipinski definition) is 1. The Morgan fingerprint density at radius 2 is 1.46 bits per heavy atom. The Kier molecular flexibility index (Phi) is 4.14. The van der Waals surface area contributed by atoms with Crippen LogP contribution in [0.4, 0.5) is 11.4 Å². The highest BCUT2D eigenvalue weighted by Gasteiger charge is 2.20. The lowest BCUT2D eigenvalue weighted by molar-refractivity contribution is 1.12. The largest absolute Gasteiger partial charge is 0.315 e. The molecule has 0 heterocycles. The van der Waals surface area contributed by atoms with Crippen LogP contribution in [-0.2, 0) is 0 Å². The Morgan fingerprint density at radius 1 is 0.808 bits per heavy atom. The summed E-state index contributed by atoms with van der Waals surface area (Å²) in [4.78, 5) is 3.59. The van der Waals surface area contributed by atoms with Crippen LogP contribution in [-0.4, -0.2) is 20.1 Å². The monoisotopic (exact) mass is 381 g/mol. The topological polar surface area (TPSA) is 30.3 Å². The van der Waals surface area contributed by atoms with E-state index in [1.165, 1.54) is 16.5 Å². The van der Waals surface area contributed by atoms with Gasteiger partial charge >= 0.3 is 0 Å². The fourth-order valence-electron chi connectivity index (χ4n) is 3.40. The van der Waals surface area contributed by atoms with Gasteiger partial charge in [0.1, 0.15) is 0 Å². The average Bonchev–Trinajstić information content (AvgIpc) is 3.08. The summed E-state index contributed by atoms with van der Waals surface area (Å²) in [5.41, 5.74) is 4.10. The maximum absolute atomic E-state index is 8.68. The zero-order chi connectivity index (χ0) is 18.4. The van der Waals surface area contributed by atoms with Crippen LogP contribution in [0.1, 0.15) is 11.1 Å². The second-order valence-corrected chi connectivity index (χ2v) is 7.08. The van der Waals surface area contributed by atoms with Crippen molar-refractivity contribution in [3.05, 3.63) is 69.7 Å². The molecule has 4 rings (SSSR count). The third kappa shape index (κ3) is 2.56. The second kappa shape index (κ2) is 6.35. The molecule has 130 valence electrons.